The second-order valence-corrected chi connectivity index (χ2v) is 3.63. The molecular weight excluding hydrogens is 256 g/mol. The Morgan fingerprint density at radius 1 is 1.63 bits per heavy atom. The van der Waals surface area contributed by atoms with Crippen LogP contribution in [0.3, 0.4) is 0 Å². The summed E-state index contributed by atoms with van der Waals surface area (Å²) in [6.45, 7) is 2.13. The lowest BCUT2D eigenvalue weighted by atomic mass is 10.1. The zero-order valence-electron chi connectivity index (χ0n) is 10.0. The van der Waals surface area contributed by atoms with Gasteiger partial charge in [0.25, 0.3) is 5.88 Å². The van der Waals surface area contributed by atoms with E-state index in [1.807, 2.05) is 0 Å². The standard InChI is InChI=1S/C9H12N6O4/c1-2-18-8-4(3-5(10)9(16)17)6(19-13-8)7-11-14-15-12-7/h5H,2-3,10H2,1H3,(H,16,17)(H,11,12,14,15)/t5-/m0/s1. The van der Waals surface area contributed by atoms with Crippen molar-refractivity contribution in [1.82, 2.24) is 25.8 Å². The Balaban J connectivity index is 2.36. The van der Waals surface area contributed by atoms with Crippen molar-refractivity contribution in [3.63, 3.8) is 0 Å². The molecule has 2 aromatic rings. The molecular formula is C9H12N6O4. The van der Waals surface area contributed by atoms with Crippen LogP contribution in [0.5, 0.6) is 5.88 Å². The number of ether oxygens (including phenoxy) is 1. The fourth-order valence-electron chi connectivity index (χ4n) is 1.47. The number of carboxylic acids is 1. The number of aromatic amines is 1. The molecule has 0 aliphatic heterocycles. The number of nitrogens with two attached hydrogens (primary N) is 1. The van der Waals surface area contributed by atoms with Gasteiger partial charge in [-0.05, 0) is 22.5 Å². The molecule has 4 N–H and O–H groups in total. The van der Waals surface area contributed by atoms with E-state index in [1.54, 1.807) is 6.92 Å². The van der Waals surface area contributed by atoms with E-state index in [2.05, 4.69) is 25.8 Å². The zero-order chi connectivity index (χ0) is 13.8. The van der Waals surface area contributed by atoms with Crippen molar-refractivity contribution in [3.8, 4) is 17.5 Å². The SMILES string of the molecule is CCOc1noc(-c2nnn[nH]2)c1C[C@H](N)C(=O)O. The van der Waals surface area contributed by atoms with E-state index >= 15 is 0 Å². The fraction of sp³-hybridized carbons (Fsp3) is 0.444. The maximum atomic E-state index is 10.8. The topological polar surface area (TPSA) is 153 Å². The first kappa shape index (κ1) is 13.0. The van der Waals surface area contributed by atoms with Crippen LogP contribution in [-0.2, 0) is 11.2 Å². The molecule has 2 rings (SSSR count). The van der Waals surface area contributed by atoms with Crippen LogP contribution in [0.4, 0.5) is 0 Å². The second kappa shape index (κ2) is 5.44. The number of carbonyl (C=O) groups is 1. The average molecular weight is 268 g/mol. The highest BCUT2D eigenvalue weighted by Gasteiger charge is 2.25. The van der Waals surface area contributed by atoms with Crippen LogP contribution >= 0.6 is 0 Å². The van der Waals surface area contributed by atoms with Crippen LogP contribution < -0.4 is 10.5 Å². The predicted octanol–water partition coefficient (Wildman–Crippen LogP) is -0.792. The van der Waals surface area contributed by atoms with E-state index in [9.17, 15) is 4.79 Å². The van der Waals surface area contributed by atoms with Crippen molar-refractivity contribution in [2.75, 3.05) is 6.61 Å². The lowest BCUT2D eigenvalue weighted by molar-refractivity contribution is -0.138. The van der Waals surface area contributed by atoms with Gasteiger partial charge in [-0.15, -0.1) is 5.10 Å². The molecule has 0 saturated heterocycles. The van der Waals surface area contributed by atoms with E-state index < -0.39 is 12.0 Å². The van der Waals surface area contributed by atoms with Gasteiger partial charge in [0.2, 0.25) is 11.6 Å². The van der Waals surface area contributed by atoms with Gasteiger partial charge >= 0.3 is 5.97 Å². The molecule has 2 aromatic heterocycles. The summed E-state index contributed by atoms with van der Waals surface area (Å²) in [4.78, 5) is 10.8. The van der Waals surface area contributed by atoms with Crippen molar-refractivity contribution in [2.24, 2.45) is 5.73 Å². The maximum absolute atomic E-state index is 10.8. The van der Waals surface area contributed by atoms with E-state index in [0.29, 0.717) is 12.2 Å². The van der Waals surface area contributed by atoms with Gasteiger partial charge in [0, 0.05) is 6.42 Å². The molecule has 1 atom stereocenters. The molecule has 0 aromatic carbocycles. The number of tetrazole rings is 1. The van der Waals surface area contributed by atoms with Gasteiger partial charge in [-0.2, -0.15) is 0 Å². The molecule has 102 valence electrons. The molecule has 0 radical (unpaired) electrons. The lowest BCUT2D eigenvalue weighted by Gasteiger charge is -2.06. The quantitative estimate of drug-likeness (QED) is 0.611. The average Bonchev–Trinajstić information content (AvgIpc) is 3.00. The summed E-state index contributed by atoms with van der Waals surface area (Å²) in [6.07, 6.45) is -0.00972. The molecule has 19 heavy (non-hydrogen) atoms. The summed E-state index contributed by atoms with van der Waals surface area (Å²) in [7, 11) is 0. The van der Waals surface area contributed by atoms with Gasteiger partial charge in [0.1, 0.15) is 6.04 Å². The molecule has 0 aliphatic rings. The number of nitrogens with one attached hydrogen (secondary N) is 1. The minimum Gasteiger partial charge on any atom is -0.480 e. The molecule has 0 unspecified atom stereocenters. The number of hydrogen-bond acceptors (Lipinski definition) is 8. The zero-order valence-corrected chi connectivity index (χ0v) is 10.0. The molecule has 10 heteroatoms. The number of hydrogen-bond donors (Lipinski definition) is 3. The highest BCUT2D eigenvalue weighted by atomic mass is 16.5. The molecule has 10 nitrogen and oxygen atoms in total. The van der Waals surface area contributed by atoms with Crippen molar-refractivity contribution in [3.05, 3.63) is 5.56 Å². The Hall–Kier alpha value is -2.49. The van der Waals surface area contributed by atoms with Crippen molar-refractivity contribution in [2.45, 2.75) is 19.4 Å². The number of aromatic nitrogens is 5. The third kappa shape index (κ3) is 2.68. The summed E-state index contributed by atoms with van der Waals surface area (Å²) in [5, 5.41) is 25.6. The monoisotopic (exact) mass is 268 g/mol. The summed E-state index contributed by atoms with van der Waals surface area (Å²) in [6, 6.07) is -1.10. The van der Waals surface area contributed by atoms with E-state index in [1.165, 1.54) is 0 Å². The minimum absolute atomic E-state index is 0.00972. The molecule has 0 bridgehead atoms. The van der Waals surface area contributed by atoms with Crippen LogP contribution in [0, 0.1) is 0 Å². The Morgan fingerprint density at radius 2 is 2.42 bits per heavy atom. The summed E-state index contributed by atoms with van der Waals surface area (Å²) in [5.41, 5.74) is 5.92. The lowest BCUT2D eigenvalue weighted by Crippen LogP contribution is -2.32. The minimum atomic E-state index is -1.13. The Kier molecular flexibility index (Phi) is 3.71. The molecule has 0 fully saturated rings. The largest absolute Gasteiger partial charge is 0.480 e. The first-order valence-electron chi connectivity index (χ1n) is 5.47. The first-order valence-corrected chi connectivity index (χ1v) is 5.47. The van der Waals surface area contributed by atoms with Crippen LogP contribution in [-0.4, -0.2) is 49.5 Å². The molecule has 0 saturated carbocycles. The van der Waals surface area contributed by atoms with Crippen LogP contribution in [0.15, 0.2) is 4.52 Å². The van der Waals surface area contributed by atoms with Gasteiger partial charge in [-0.3, -0.25) is 4.79 Å². The van der Waals surface area contributed by atoms with Crippen molar-refractivity contribution >= 4 is 5.97 Å². The number of H-pyrrole nitrogens is 1. The maximum Gasteiger partial charge on any atom is 0.320 e. The summed E-state index contributed by atoms with van der Waals surface area (Å²) < 4.78 is 10.3. The third-order valence-corrected chi connectivity index (χ3v) is 2.33. The first-order chi connectivity index (χ1) is 9.13. The van der Waals surface area contributed by atoms with Gasteiger partial charge in [0.15, 0.2) is 0 Å². The van der Waals surface area contributed by atoms with Crippen LogP contribution in [0.25, 0.3) is 11.6 Å². The molecule has 2 heterocycles. The fourth-order valence-corrected chi connectivity index (χ4v) is 1.47. The number of nitrogens with zero attached hydrogens (tertiary/aromatic N) is 4. The van der Waals surface area contributed by atoms with Gasteiger partial charge in [0.05, 0.1) is 12.2 Å². The van der Waals surface area contributed by atoms with E-state index in [-0.39, 0.29) is 23.9 Å². The molecule has 0 aliphatic carbocycles. The Morgan fingerprint density at radius 3 is 3.00 bits per heavy atom. The van der Waals surface area contributed by atoms with Crippen LogP contribution in [0.1, 0.15) is 12.5 Å². The number of rotatable bonds is 6. The van der Waals surface area contributed by atoms with E-state index in [4.69, 9.17) is 20.1 Å². The number of carboxylic acid groups (broad SMARTS) is 1. The van der Waals surface area contributed by atoms with Gasteiger partial charge in [-0.25, -0.2) is 5.10 Å². The smallest absolute Gasteiger partial charge is 0.320 e. The van der Waals surface area contributed by atoms with Gasteiger partial charge < -0.3 is 20.1 Å². The highest BCUT2D eigenvalue weighted by molar-refractivity contribution is 5.74. The Labute approximate surface area is 106 Å². The van der Waals surface area contributed by atoms with E-state index in [0.717, 1.165) is 0 Å². The third-order valence-electron chi connectivity index (χ3n) is 2.33. The van der Waals surface area contributed by atoms with Crippen molar-refractivity contribution < 1.29 is 19.2 Å². The Bertz CT molecular complexity index is 551. The van der Waals surface area contributed by atoms with Crippen LogP contribution in [0.2, 0.25) is 0 Å². The second-order valence-electron chi connectivity index (χ2n) is 3.63. The normalized spacial score (nSPS) is 12.3. The van der Waals surface area contributed by atoms with Gasteiger partial charge in [-0.1, -0.05) is 0 Å². The summed E-state index contributed by atoms with van der Waals surface area (Å²) in [5.74, 6) is -0.507. The van der Waals surface area contributed by atoms with Crippen molar-refractivity contribution in [1.29, 1.82) is 0 Å². The molecule has 0 amide bonds. The predicted molar refractivity (Wildman–Crippen MR) is 60.2 cm³/mol. The highest BCUT2D eigenvalue weighted by Crippen LogP contribution is 2.29. The molecule has 0 spiro atoms. The number of aliphatic carboxylic acids is 1. The summed E-state index contributed by atoms with van der Waals surface area (Å²) >= 11 is 0.